The van der Waals surface area contributed by atoms with Gasteiger partial charge < -0.3 is 4.57 Å². The maximum absolute atomic E-state index is 14.4. The summed E-state index contributed by atoms with van der Waals surface area (Å²) in [4.78, 5) is 29.8. The van der Waals surface area contributed by atoms with Crippen LogP contribution in [-0.4, -0.2) is 16.4 Å². The van der Waals surface area contributed by atoms with Crippen molar-refractivity contribution in [1.29, 1.82) is 0 Å². The molecule has 2 heterocycles. The number of aryl methyl sites for hydroxylation is 2. The summed E-state index contributed by atoms with van der Waals surface area (Å²) in [5, 5.41) is 2.18. The zero-order valence-corrected chi connectivity index (χ0v) is 24.4. The Kier molecular flexibility index (Phi) is 5.85. The minimum atomic E-state index is -0.319. The van der Waals surface area contributed by atoms with Crippen LogP contribution in [0.3, 0.4) is 0 Å². The average Bonchev–Trinajstić information content (AvgIpc) is 3.51. The van der Waals surface area contributed by atoms with Crippen molar-refractivity contribution in [3.63, 3.8) is 0 Å². The van der Waals surface area contributed by atoms with Gasteiger partial charge in [0, 0.05) is 16.3 Å². The predicted molar refractivity (Wildman–Crippen MR) is 179 cm³/mol. The van der Waals surface area contributed by atoms with Gasteiger partial charge in [-0.3, -0.25) is 9.59 Å². The molecular weight excluding hydrogens is 540 g/mol. The zero-order valence-electron chi connectivity index (χ0n) is 24.4. The van der Waals surface area contributed by atoms with Crippen molar-refractivity contribution < 1.29 is 9.59 Å². The number of imide groups is 1. The number of benzene rings is 6. The number of rotatable bonds is 4. The summed E-state index contributed by atoms with van der Waals surface area (Å²) >= 11 is 0. The molecule has 6 aromatic carbocycles. The Bertz CT molecular complexity index is 2270. The summed E-state index contributed by atoms with van der Waals surface area (Å²) in [6.07, 6.45) is 0. The molecule has 0 aliphatic carbocycles. The van der Waals surface area contributed by atoms with E-state index in [1.54, 1.807) is 6.07 Å². The van der Waals surface area contributed by atoms with E-state index in [4.69, 9.17) is 0 Å². The molecule has 0 unspecified atom stereocenters. The fourth-order valence-corrected chi connectivity index (χ4v) is 6.75. The van der Waals surface area contributed by atoms with E-state index in [1.807, 2.05) is 78.9 Å². The number of anilines is 1. The van der Waals surface area contributed by atoms with E-state index in [9.17, 15) is 9.59 Å². The Morgan fingerprint density at radius 3 is 1.93 bits per heavy atom. The van der Waals surface area contributed by atoms with Crippen LogP contribution in [0.5, 0.6) is 0 Å². The van der Waals surface area contributed by atoms with Gasteiger partial charge in [0.15, 0.2) is 0 Å². The largest absolute Gasteiger partial charge is 0.308 e. The molecule has 0 saturated heterocycles. The molecule has 0 radical (unpaired) electrons. The first kappa shape index (κ1) is 25.9. The Morgan fingerprint density at radius 2 is 1.11 bits per heavy atom. The molecule has 4 heteroatoms. The van der Waals surface area contributed by atoms with Crippen molar-refractivity contribution in [2.24, 2.45) is 0 Å². The lowest BCUT2D eigenvalue weighted by atomic mass is 9.99. The van der Waals surface area contributed by atoms with E-state index in [0.29, 0.717) is 22.5 Å². The maximum Gasteiger partial charge on any atom is 0.268 e. The fourth-order valence-electron chi connectivity index (χ4n) is 6.75. The van der Waals surface area contributed by atoms with Crippen LogP contribution in [-0.2, 0) is 0 Å². The molecule has 7 aromatic rings. The zero-order chi connectivity index (χ0) is 29.9. The third-order valence-electron chi connectivity index (χ3n) is 8.59. The minimum Gasteiger partial charge on any atom is -0.308 e. The minimum absolute atomic E-state index is 0.313. The van der Waals surface area contributed by atoms with Crippen LogP contribution in [0.4, 0.5) is 5.69 Å². The van der Waals surface area contributed by atoms with E-state index in [-0.39, 0.29) is 11.8 Å². The van der Waals surface area contributed by atoms with E-state index in [1.165, 1.54) is 16.0 Å². The van der Waals surface area contributed by atoms with E-state index in [0.717, 1.165) is 44.1 Å². The highest BCUT2D eigenvalue weighted by atomic mass is 16.2. The Labute approximate surface area is 255 Å². The molecule has 210 valence electrons. The van der Waals surface area contributed by atoms with Crippen LogP contribution >= 0.6 is 0 Å². The molecule has 1 aliphatic rings. The molecule has 44 heavy (non-hydrogen) atoms. The predicted octanol–water partition coefficient (Wildman–Crippen LogP) is 9.54. The summed E-state index contributed by atoms with van der Waals surface area (Å²) in [6, 6.07) is 44.4. The number of hydrogen-bond acceptors (Lipinski definition) is 2. The normalized spacial score (nSPS) is 12.8. The second-order valence-corrected chi connectivity index (χ2v) is 11.5. The van der Waals surface area contributed by atoms with Gasteiger partial charge >= 0.3 is 0 Å². The van der Waals surface area contributed by atoms with Gasteiger partial charge in [-0.2, -0.15) is 0 Å². The SMILES string of the molecule is Cc1cc(C)cc(-c2ccc3c4ccccc4n(-c4cccc5c4C(=O)N(c4ccccc4-c4ccccc4)C5=O)c3c2)c1. The number of amides is 2. The van der Waals surface area contributed by atoms with Gasteiger partial charge in [0.2, 0.25) is 0 Å². The third kappa shape index (κ3) is 3.92. The average molecular weight is 569 g/mol. The molecule has 0 bridgehead atoms. The first-order valence-corrected chi connectivity index (χ1v) is 14.8. The number of hydrogen-bond donors (Lipinski definition) is 0. The van der Waals surface area contributed by atoms with E-state index >= 15 is 0 Å². The van der Waals surface area contributed by atoms with Gasteiger partial charge in [-0.15, -0.1) is 0 Å². The van der Waals surface area contributed by atoms with E-state index in [2.05, 4.69) is 66.9 Å². The third-order valence-corrected chi connectivity index (χ3v) is 8.59. The summed E-state index contributed by atoms with van der Waals surface area (Å²) in [5.74, 6) is -0.632. The molecule has 0 saturated carbocycles. The lowest BCUT2D eigenvalue weighted by molar-refractivity contribution is 0.0926. The second kappa shape index (κ2) is 9.92. The molecule has 0 N–H and O–H groups in total. The molecule has 0 fully saturated rings. The van der Waals surface area contributed by atoms with Crippen LogP contribution in [0.1, 0.15) is 31.8 Å². The first-order chi connectivity index (χ1) is 21.5. The summed E-state index contributed by atoms with van der Waals surface area (Å²) in [5.41, 5.74) is 10.5. The van der Waals surface area contributed by atoms with Crippen LogP contribution in [0.25, 0.3) is 49.7 Å². The van der Waals surface area contributed by atoms with Crippen molar-refractivity contribution in [3.05, 3.63) is 156 Å². The molecule has 2 amide bonds. The lowest BCUT2D eigenvalue weighted by Gasteiger charge is -2.18. The highest BCUT2D eigenvalue weighted by molar-refractivity contribution is 6.36. The molecule has 0 atom stereocenters. The molecule has 0 spiro atoms. The Morgan fingerprint density at radius 1 is 0.455 bits per heavy atom. The lowest BCUT2D eigenvalue weighted by Crippen LogP contribution is -2.30. The number of aromatic nitrogens is 1. The van der Waals surface area contributed by atoms with Crippen molar-refractivity contribution in [2.45, 2.75) is 13.8 Å². The van der Waals surface area contributed by atoms with Gasteiger partial charge in [-0.25, -0.2) is 4.90 Å². The molecule has 1 aromatic heterocycles. The molecule has 4 nitrogen and oxygen atoms in total. The van der Waals surface area contributed by atoms with Gasteiger partial charge in [0.25, 0.3) is 11.8 Å². The Balaban J connectivity index is 1.35. The highest BCUT2D eigenvalue weighted by Gasteiger charge is 2.40. The van der Waals surface area contributed by atoms with Crippen LogP contribution in [0.15, 0.2) is 133 Å². The quantitative estimate of drug-likeness (QED) is 0.198. The molecule has 1 aliphatic heterocycles. The van der Waals surface area contributed by atoms with Crippen molar-refractivity contribution in [3.8, 4) is 27.9 Å². The summed E-state index contributed by atoms with van der Waals surface area (Å²) < 4.78 is 2.15. The van der Waals surface area contributed by atoms with Crippen LogP contribution in [0, 0.1) is 13.8 Å². The summed E-state index contributed by atoms with van der Waals surface area (Å²) in [6.45, 7) is 4.23. The fraction of sp³-hybridized carbons (Fsp3) is 0.0500. The number of carbonyl (C=O) groups is 2. The number of carbonyl (C=O) groups excluding carboxylic acids is 2. The standard InChI is InChI=1S/C40H28N2O2/c1-25-21-26(2)23-29(22-25)28-19-20-32-31-14-7-9-17-35(31)41(37(32)24-28)36-18-10-15-33-38(36)40(44)42(39(33)43)34-16-8-6-13-30(34)27-11-4-3-5-12-27/h3-24H,1-2H3. The number of para-hydroxylation sites is 2. The van der Waals surface area contributed by atoms with Crippen LogP contribution in [0.2, 0.25) is 0 Å². The summed E-state index contributed by atoms with van der Waals surface area (Å²) in [7, 11) is 0. The van der Waals surface area contributed by atoms with E-state index < -0.39 is 0 Å². The second-order valence-electron chi connectivity index (χ2n) is 11.5. The Hall–Kier alpha value is -5.74. The topological polar surface area (TPSA) is 42.3 Å². The number of nitrogens with zero attached hydrogens (tertiary/aromatic N) is 2. The van der Waals surface area contributed by atoms with Crippen molar-refractivity contribution in [1.82, 2.24) is 4.57 Å². The van der Waals surface area contributed by atoms with Gasteiger partial charge in [-0.05, 0) is 60.9 Å². The molecule has 8 rings (SSSR count). The highest BCUT2D eigenvalue weighted by Crippen LogP contribution is 2.41. The van der Waals surface area contributed by atoms with Gasteiger partial charge in [-0.1, -0.05) is 114 Å². The van der Waals surface area contributed by atoms with Crippen LogP contribution < -0.4 is 4.90 Å². The number of fused-ring (bicyclic) bond motifs is 4. The van der Waals surface area contributed by atoms with Gasteiger partial charge in [0.05, 0.1) is 33.5 Å². The molecular formula is C40H28N2O2. The van der Waals surface area contributed by atoms with Crippen molar-refractivity contribution in [2.75, 3.05) is 4.90 Å². The first-order valence-electron chi connectivity index (χ1n) is 14.8. The van der Waals surface area contributed by atoms with Gasteiger partial charge in [0.1, 0.15) is 0 Å². The monoisotopic (exact) mass is 568 g/mol. The maximum atomic E-state index is 14.4. The van der Waals surface area contributed by atoms with Crippen molar-refractivity contribution >= 4 is 39.3 Å². The smallest absolute Gasteiger partial charge is 0.268 e.